The molecule has 0 spiro atoms. The van der Waals surface area contributed by atoms with E-state index in [-0.39, 0.29) is 27.6 Å². The topological polar surface area (TPSA) is 146 Å². The molecule has 2 aromatic rings. The van der Waals surface area contributed by atoms with Crippen molar-refractivity contribution in [3.8, 4) is 17.2 Å². The number of carbonyl (C=O) groups excluding carboxylic acids is 1. The molecule has 0 radical (unpaired) electrons. The summed E-state index contributed by atoms with van der Waals surface area (Å²) in [6.07, 6.45) is 0. The van der Waals surface area contributed by atoms with E-state index in [0.29, 0.717) is 36.7 Å². The molecule has 0 aromatic heterocycles. The van der Waals surface area contributed by atoms with Crippen LogP contribution in [0, 0.1) is 24.0 Å². The second-order valence-corrected chi connectivity index (χ2v) is 8.45. The quantitative estimate of drug-likeness (QED) is 0.368. The predicted octanol–water partition coefficient (Wildman–Crippen LogP) is 3.03. The highest BCUT2D eigenvalue weighted by atomic mass is 32.2. The fraction of sp³-hybridized carbons (Fsp3) is 0.381. The number of carbonyl (C=O) groups is 1. The summed E-state index contributed by atoms with van der Waals surface area (Å²) in [5.74, 6) is 0.0799. The zero-order chi connectivity index (χ0) is 24.8. The van der Waals surface area contributed by atoms with E-state index in [1.54, 1.807) is 27.7 Å². The number of hydrazine groups is 1. The van der Waals surface area contributed by atoms with Crippen molar-refractivity contribution in [3.05, 3.63) is 51.1 Å². The van der Waals surface area contributed by atoms with Gasteiger partial charge >= 0.3 is 0 Å². The molecule has 0 saturated carbocycles. The summed E-state index contributed by atoms with van der Waals surface area (Å²) in [6, 6.07) is 5.03. The zero-order valence-electron chi connectivity index (χ0n) is 19.1. The number of nitro benzene ring substituents is 1. The lowest BCUT2D eigenvalue weighted by Gasteiger charge is -2.17. The van der Waals surface area contributed by atoms with Crippen molar-refractivity contribution in [3.63, 3.8) is 0 Å². The number of sulfonamides is 1. The highest BCUT2D eigenvalue weighted by Gasteiger charge is 2.24. The smallest absolute Gasteiger partial charge is 0.271 e. The van der Waals surface area contributed by atoms with Crippen molar-refractivity contribution < 1.29 is 32.3 Å². The fourth-order valence-electron chi connectivity index (χ4n) is 2.95. The monoisotopic (exact) mass is 481 g/mol. The number of non-ortho nitro benzene ring substituents is 1. The van der Waals surface area contributed by atoms with Crippen LogP contribution in [0.5, 0.6) is 17.2 Å². The number of nitro groups is 1. The van der Waals surface area contributed by atoms with Gasteiger partial charge in [-0.1, -0.05) is 0 Å². The van der Waals surface area contributed by atoms with Crippen molar-refractivity contribution in [1.29, 1.82) is 0 Å². The highest BCUT2D eigenvalue weighted by Crippen LogP contribution is 2.39. The van der Waals surface area contributed by atoms with Crippen LogP contribution in [-0.2, 0) is 10.0 Å². The maximum atomic E-state index is 12.8. The lowest BCUT2D eigenvalue weighted by molar-refractivity contribution is -0.385. The Hall–Kier alpha value is -3.38. The molecule has 2 N–H and O–H groups in total. The van der Waals surface area contributed by atoms with Crippen molar-refractivity contribution in [1.82, 2.24) is 10.3 Å². The second-order valence-electron chi connectivity index (χ2n) is 6.80. The van der Waals surface area contributed by atoms with E-state index in [1.807, 2.05) is 4.83 Å². The van der Waals surface area contributed by atoms with Crippen molar-refractivity contribution in [2.24, 2.45) is 0 Å². The number of nitrogens with one attached hydrogen (secondary N) is 2. The molecule has 0 aliphatic heterocycles. The van der Waals surface area contributed by atoms with Gasteiger partial charge in [0.15, 0.2) is 11.5 Å². The van der Waals surface area contributed by atoms with Gasteiger partial charge in [-0.25, -0.2) is 8.42 Å². The molecule has 0 aliphatic rings. The Labute approximate surface area is 192 Å². The van der Waals surface area contributed by atoms with Gasteiger partial charge in [-0.05, 0) is 57.9 Å². The molecular formula is C21H27N3O8S. The van der Waals surface area contributed by atoms with Crippen LogP contribution < -0.4 is 24.5 Å². The van der Waals surface area contributed by atoms with Crippen LogP contribution in [-0.4, -0.2) is 39.1 Å². The molecule has 180 valence electrons. The summed E-state index contributed by atoms with van der Waals surface area (Å²) in [6.45, 7) is 9.34. The van der Waals surface area contributed by atoms with E-state index >= 15 is 0 Å². The van der Waals surface area contributed by atoms with Gasteiger partial charge < -0.3 is 14.2 Å². The number of rotatable bonds is 11. The summed E-state index contributed by atoms with van der Waals surface area (Å²) in [5, 5.41) is 11.1. The molecule has 0 heterocycles. The minimum absolute atomic E-state index is 0.0556. The van der Waals surface area contributed by atoms with Crippen LogP contribution in [0.1, 0.15) is 42.3 Å². The van der Waals surface area contributed by atoms with Crippen molar-refractivity contribution in [2.75, 3.05) is 19.8 Å². The van der Waals surface area contributed by atoms with Crippen LogP contribution >= 0.6 is 0 Å². The summed E-state index contributed by atoms with van der Waals surface area (Å²) in [7, 11) is -4.30. The third-order valence-corrected chi connectivity index (χ3v) is 5.95. The van der Waals surface area contributed by atoms with Crippen LogP contribution in [0.4, 0.5) is 5.69 Å². The number of benzene rings is 2. The molecule has 0 aliphatic carbocycles. The normalized spacial score (nSPS) is 11.1. The van der Waals surface area contributed by atoms with Gasteiger partial charge in [0.1, 0.15) is 0 Å². The van der Waals surface area contributed by atoms with Crippen LogP contribution in [0.2, 0.25) is 0 Å². The molecule has 2 rings (SSSR count). The van der Waals surface area contributed by atoms with Gasteiger partial charge in [0, 0.05) is 17.7 Å². The Morgan fingerprint density at radius 2 is 1.52 bits per heavy atom. The van der Waals surface area contributed by atoms with Crippen molar-refractivity contribution >= 4 is 21.6 Å². The minimum atomic E-state index is -4.30. The van der Waals surface area contributed by atoms with Crippen LogP contribution in [0.25, 0.3) is 0 Å². The van der Waals surface area contributed by atoms with Gasteiger partial charge in [-0.2, -0.15) is 0 Å². The number of nitrogens with zero attached hydrogens (tertiary/aromatic N) is 1. The number of hydrogen-bond acceptors (Lipinski definition) is 8. The third-order valence-electron chi connectivity index (χ3n) is 4.58. The Morgan fingerprint density at radius 3 is 2.00 bits per heavy atom. The molecule has 2 aromatic carbocycles. The first kappa shape index (κ1) is 25.9. The van der Waals surface area contributed by atoms with Gasteiger partial charge in [-0.15, -0.1) is 4.83 Å². The summed E-state index contributed by atoms with van der Waals surface area (Å²) in [4.78, 5) is 24.8. The molecule has 33 heavy (non-hydrogen) atoms. The van der Waals surface area contributed by atoms with E-state index in [0.717, 1.165) is 6.07 Å². The maximum absolute atomic E-state index is 12.8. The lowest BCUT2D eigenvalue weighted by Crippen LogP contribution is -2.41. The predicted molar refractivity (Wildman–Crippen MR) is 120 cm³/mol. The molecule has 1 amide bonds. The minimum Gasteiger partial charge on any atom is -0.490 e. The van der Waals surface area contributed by atoms with Gasteiger partial charge in [0.05, 0.1) is 29.6 Å². The standard InChI is InChI=1S/C21H27N3O8S/c1-6-30-17-10-15(11-18(31-7-2)20(17)32-8-3)21(25)22-23-33(28,29)19-12-16(24(26)27)9-13(4)14(19)5/h9-12,23H,6-8H2,1-5H3,(H,22,25). The fourth-order valence-corrected chi connectivity index (χ4v) is 4.13. The van der Waals surface area contributed by atoms with E-state index in [2.05, 4.69) is 5.43 Å². The Morgan fingerprint density at radius 1 is 0.970 bits per heavy atom. The molecule has 0 bridgehead atoms. The van der Waals surface area contributed by atoms with E-state index in [9.17, 15) is 23.3 Å². The largest absolute Gasteiger partial charge is 0.490 e. The summed E-state index contributed by atoms with van der Waals surface area (Å²) >= 11 is 0. The van der Waals surface area contributed by atoms with E-state index in [1.165, 1.54) is 25.1 Å². The summed E-state index contributed by atoms with van der Waals surface area (Å²) < 4.78 is 42.3. The molecule has 0 saturated heterocycles. The molecule has 0 unspecified atom stereocenters. The number of ether oxygens (including phenoxy) is 3. The first-order valence-electron chi connectivity index (χ1n) is 10.2. The molecule has 11 nitrogen and oxygen atoms in total. The lowest BCUT2D eigenvalue weighted by atomic mass is 10.1. The number of aryl methyl sites for hydroxylation is 1. The molecule has 0 fully saturated rings. The van der Waals surface area contributed by atoms with E-state index < -0.39 is 20.9 Å². The average molecular weight is 482 g/mol. The zero-order valence-corrected chi connectivity index (χ0v) is 19.9. The SMILES string of the molecule is CCOc1cc(C(=O)NNS(=O)(=O)c2cc([N+](=O)[O-])cc(C)c2C)cc(OCC)c1OCC. The second kappa shape index (κ2) is 11.0. The molecule has 0 atom stereocenters. The van der Waals surface area contributed by atoms with Crippen molar-refractivity contribution in [2.45, 2.75) is 39.5 Å². The average Bonchev–Trinajstić information content (AvgIpc) is 2.75. The summed E-state index contributed by atoms with van der Waals surface area (Å²) in [5.41, 5.74) is 2.55. The maximum Gasteiger partial charge on any atom is 0.271 e. The Balaban J connectivity index is 2.36. The van der Waals surface area contributed by atoms with Gasteiger partial charge in [0.25, 0.3) is 21.6 Å². The molecule has 12 heteroatoms. The number of hydrogen-bond donors (Lipinski definition) is 2. The first-order chi connectivity index (χ1) is 15.5. The molecular weight excluding hydrogens is 454 g/mol. The van der Waals surface area contributed by atoms with E-state index in [4.69, 9.17) is 14.2 Å². The van der Waals surface area contributed by atoms with Gasteiger partial charge in [0.2, 0.25) is 5.75 Å². The number of amides is 1. The van der Waals surface area contributed by atoms with Gasteiger partial charge in [-0.3, -0.25) is 20.3 Å². The Kier molecular flexibility index (Phi) is 8.60. The van der Waals surface area contributed by atoms with Crippen LogP contribution in [0.15, 0.2) is 29.2 Å². The van der Waals surface area contributed by atoms with Crippen LogP contribution in [0.3, 0.4) is 0 Å². The third kappa shape index (κ3) is 6.11. The first-order valence-corrected chi connectivity index (χ1v) is 11.7. The Bertz CT molecular complexity index is 1120. The highest BCUT2D eigenvalue weighted by molar-refractivity contribution is 7.89.